The summed E-state index contributed by atoms with van der Waals surface area (Å²) in [6.07, 6.45) is 2.62. The van der Waals surface area contributed by atoms with Gasteiger partial charge in [-0.15, -0.1) is 0 Å². The third kappa shape index (κ3) is 4.40. The van der Waals surface area contributed by atoms with E-state index in [1.807, 2.05) is 24.3 Å². The van der Waals surface area contributed by atoms with Crippen molar-refractivity contribution >= 4 is 26.8 Å². The summed E-state index contributed by atoms with van der Waals surface area (Å²) in [6.45, 7) is 3.38. The topological polar surface area (TPSA) is 99.3 Å². The molecule has 3 aromatic rings. The smallest absolute Gasteiger partial charge is 0.252 e. The van der Waals surface area contributed by atoms with E-state index in [1.165, 1.54) is 28.1 Å². The first-order valence-electron chi connectivity index (χ1n) is 10.4. The number of pyridine rings is 1. The molecule has 0 saturated carbocycles. The van der Waals surface area contributed by atoms with Crippen molar-refractivity contribution in [3.8, 4) is 0 Å². The Morgan fingerprint density at radius 1 is 1.03 bits per heavy atom. The van der Waals surface area contributed by atoms with Crippen LogP contribution in [0.2, 0.25) is 0 Å². The van der Waals surface area contributed by atoms with E-state index < -0.39 is 21.5 Å². The molecule has 4 rings (SSSR count). The Hall–Kier alpha value is -2.97. The molecule has 2 aromatic carbocycles. The first-order chi connectivity index (χ1) is 14.9. The van der Waals surface area contributed by atoms with Crippen molar-refractivity contribution in [2.24, 2.45) is 0 Å². The second-order valence-corrected chi connectivity index (χ2v) is 9.66. The maximum Gasteiger partial charge on any atom is 0.252 e. The zero-order valence-corrected chi connectivity index (χ0v) is 18.2. The van der Waals surface area contributed by atoms with E-state index in [-0.39, 0.29) is 10.5 Å². The number of hydrogen-bond donors (Lipinski definition) is 2. The molecular weight excluding hydrogens is 414 g/mol. The molecule has 31 heavy (non-hydrogen) atoms. The fourth-order valence-electron chi connectivity index (χ4n) is 3.83. The average Bonchev–Trinajstić information content (AvgIpc) is 3.33. The van der Waals surface area contributed by atoms with Gasteiger partial charge in [0.1, 0.15) is 0 Å². The van der Waals surface area contributed by atoms with Gasteiger partial charge in [0.2, 0.25) is 15.6 Å². The molecule has 0 spiro atoms. The predicted octanol–water partition coefficient (Wildman–Crippen LogP) is 2.81. The largest absolute Gasteiger partial charge is 0.348 e. The highest BCUT2D eigenvalue weighted by Crippen LogP contribution is 2.25. The van der Waals surface area contributed by atoms with E-state index in [1.54, 1.807) is 6.07 Å². The molecule has 0 aliphatic carbocycles. The van der Waals surface area contributed by atoms with Crippen molar-refractivity contribution in [3.63, 3.8) is 0 Å². The second-order valence-electron chi connectivity index (χ2n) is 7.72. The lowest BCUT2D eigenvalue weighted by atomic mass is 10.1. The summed E-state index contributed by atoms with van der Waals surface area (Å²) in [5.41, 5.74) is 2.31. The van der Waals surface area contributed by atoms with Crippen LogP contribution in [0.3, 0.4) is 0 Å². The normalized spacial score (nSPS) is 14.7. The average molecular weight is 440 g/mol. The van der Waals surface area contributed by atoms with Gasteiger partial charge in [0, 0.05) is 36.6 Å². The molecule has 7 nitrogen and oxygen atoms in total. The Morgan fingerprint density at radius 2 is 1.71 bits per heavy atom. The molecule has 0 radical (unpaired) electrons. The Morgan fingerprint density at radius 3 is 2.39 bits per heavy atom. The van der Waals surface area contributed by atoms with Crippen LogP contribution in [0.1, 0.15) is 41.3 Å². The monoisotopic (exact) mass is 439 g/mol. The second kappa shape index (κ2) is 8.64. The SMILES string of the molecule is CCc1ccc(CNC(=O)c2cc(=O)[nH]c3ccc(S(=O)(=O)N4CCCC4)cc23)cc1. The molecule has 0 atom stereocenters. The number of carbonyl (C=O) groups is 1. The van der Waals surface area contributed by atoms with Crippen LogP contribution in [-0.4, -0.2) is 36.7 Å². The molecule has 0 bridgehead atoms. The zero-order valence-electron chi connectivity index (χ0n) is 17.3. The summed E-state index contributed by atoms with van der Waals surface area (Å²) in [5, 5.41) is 3.24. The molecule has 1 fully saturated rings. The Bertz CT molecular complexity index is 1270. The van der Waals surface area contributed by atoms with E-state index in [9.17, 15) is 18.0 Å². The number of rotatable bonds is 6. The Balaban J connectivity index is 1.65. The number of amides is 1. The Kier molecular flexibility index (Phi) is 5.93. The number of aryl methyl sites for hydroxylation is 1. The van der Waals surface area contributed by atoms with Gasteiger partial charge in [0.25, 0.3) is 5.91 Å². The van der Waals surface area contributed by atoms with Crippen LogP contribution in [0, 0.1) is 0 Å². The number of hydrogen-bond acceptors (Lipinski definition) is 4. The number of aromatic amines is 1. The van der Waals surface area contributed by atoms with Crippen LogP contribution < -0.4 is 10.9 Å². The van der Waals surface area contributed by atoms with Crippen LogP contribution in [0.4, 0.5) is 0 Å². The van der Waals surface area contributed by atoms with Crippen LogP contribution in [-0.2, 0) is 23.0 Å². The number of nitrogens with one attached hydrogen (secondary N) is 2. The van der Waals surface area contributed by atoms with Gasteiger partial charge in [0.15, 0.2) is 0 Å². The van der Waals surface area contributed by atoms with Crippen LogP contribution >= 0.6 is 0 Å². The van der Waals surface area contributed by atoms with Gasteiger partial charge in [0.05, 0.1) is 10.5 Å². The van der Waals surface area contributed by atoms with Gasteiger partial charge < -0.3 is 10.3 Å². The molecule has 2 heterocycles. The van der Waals surface area contributed by atoms with Crippen molar-refractivity contribution in [2.45, 2.75) is 37.6 Å². The third-order valence-corrected chi connectivity index (χ3v) is 7.54. The van der Waals surface area contributed by atoms with Crippen molar-refractivity contribution in [3.05, 3.63) is 75.6 Å². The van der Waals surface area contributed by atoms with E-state index in [2.05, 4.69) is 17.2 Å². The quantitative estimate of drug-likeness (QED) is 0.617. The lowest BCUT2D eigenvalue weighted by molar-refractivity contribution is 0.0952. The molecule has 1 saturated heterocycles. The third-order valence-electron chi connectivity index (χ3n) is 5.65. The van der Waals surface area contributed by atoms with E-state index in [0.29, 0.717) is 30.5 Å². The highest BCUT2D eigenvalue weighted by molar-refractivity contribution is 7.89. The molecular formula is C23H25N3O4S. The molecule has 8 heteroatoms. The molecule has 1 aliphatic heterocycles. The number of fused-ring (bicyclic) bond motifs is 1. The van der Waals surface area contributed by atoms with Crippen LogP contribution in [0.5, 0.6) is 0 Å². The summed E-state index contributed by atoms with van der Waals surface area (Å²) in [7, 11) is -3.64. The van der Waals surface area contributed by atoms with Gasteiger partial charge >= 0.3 is 0 Å². The fourth-order valence-corrected chi connectivity index (χ4v) is 5.37. The highest BCUT2D eigenvalue weighted by Gasteiger charge is 2.27. The standard InChI is InChI=1S/C23H25N3O4S/c1-2-16-5-7-17(8-6-16)15-24-23(28)20-14-22(27)25-21-10-9-18(13-19(20)21)31(29,30)26-11-3-4-12-26/h5-10,13-14H,2-4,11-12,15H2,1H3,(H,24,28)(H,25,27). The van der Waals surface area contributed by atoms with Crippen LogP contribution in [0.25, 0.3) is 10.9 Å². The number of sulfonamides is 1. The first-order valence-corrected chi connectivity index (χ1v) is 11.9. The number of benzene rings is 2. The number of carbonyl (C=O) groups excluding carboxylic acids is 1. The van der Waals surface area contributed by atoms with Gasteiger partial charge in [-0.2, -0.15) is 4.31 Å². The molecule has 0 unspecified atom stereocenters. The molecule has 1 amide bonds. The summed E-state index contributed by atoms with van der Waals surface area (Å²) in [6, 6.07) is 13.6. The fraction of sp³-hybridized carbons (Fsp3) is 0.304. The van der Waals surface area contributed by atoms with Crippen molar-refractivity contribution < 1.29 is 13.2 Å². The van der Waals surface area contributed by atoms with Gasteiger partial charge in [-0.25, -0.2) is 8.42 Å². The van der Waals surface area contributed by atoms with Crippen molar-refractivity contribution in [2.75, 3.05) is 13.1 Å². The predicted molar refractivity (Wildman–Crippen MR) is 120 cm³/mol. The summed E-state index contributed by atoms with van der Waals surface area (Å²) in [4.78, 5) is 27.8. The van der Waals surface area contributed by atoms with E-state index >= 15 is 0 Å². The van der Waals surface area contributed by atoms with Crippen LogP contribution in [0.15, 0.2) is 58.2 Å². The van der Waals surface area contributed by atoms with E-state index in [0.717, 1.165) is 24.8 Å². The van der Waals surface area contributed by atoms with Gasteiger partial charge in [-0.1, -0.05) is 31.2 Å². The molecule has 1 aliphatic rings. The molecule has 162 valence electrons. The Labute approximate surface area is 181 Å². The van der Waals surface area contributed by atoms with Crippen molar-refractivity contribution in [1.29, 1.82) is 0 Å². The highest BCUT2D eigenvalue weighted by atomic mass is 32.2. The maximum atomic E-state index is 12.9. The zero-order chi connectivity index (χ0) is 22.0. The number of nitrogens with zero attached hydrogens (tertiary/aromatic N) is 1. The minimum atomic E-state index is -3.64. The molecule has 2 N–H and O–H groups in total. The maximum absolute atomic E-state index is 12.9. The minimum absolute atomic E-state index is 0.123. The summed E-state index contributed by atoms with van der Waals surface area (Å²) >= 11 is 0. The number of aromatic nitrogens is 1. The molecule has 1 aromatic heterocycles. The lowest BCUT2D eigenvalue weighted by Crippen LogP contribution is -2.28. The van der Waals surface area contributed by atoms with Gasteiger partial charge in [-0.3, -0.25) is 9.59 Å². The number of H-pyrrole nitrogens is 1. The van der Waals surface area contributed by atoms with Gasteiger partial charge in [-0.05, 0) is 48.6 Å². The van der Waals surface area contributed by atoms with E-state index in [4.69, 9.17) is 0 Å². The van der Waals surface area contributed by atoms with Crippen molar-refractivity contribution in [1.82, 2.24) is 14.6 Å². The lowest BCUT2D eigenvalue weighted by Gasteiger charge is -2.16. The summed E-state index contributed by atoms with van der Waals surface area (Å²) in [5.74, 6) is -0.425. The minimum Gasteiger partial charge on any atom is -0.348 e. The summed E-state index contributed by atoms with van der Waals surface area (Å²) < 4.78 is 27.3. The first kappa shape index (κ1) is 21.3.